The third-order valence-electron chi connectivity index (χ3n) is 9.52. The molecule has 0 atom stereocenters. The van der Waals surface area contributed by atoms with E-state index < -0.39 is 0 Å². The molecule has 2 aromatic heterocycles. The van der Waals surface area contributed by atoms with Crippen LogP contribution in [0.25, 0.3) is 66.6 Å². The summed E-state index contributed by atoms with van der Waals surface area (Å²) in [5.74, 6) is 0.620. The molecular weight excluding hydrogens is 627 g/mol. The number of nitrogens with one attached hydrogen (secondary N) is 1. The Morgan fingerprint density at radius 2 is 1.31 bits per heavy atom. The number of aromatic nitrogens is 2. The van der Waals surface area contributed by atoms with Crippen molar-refractivity contribution in [1.29, 1.82) is 0 Å². The Balaban J connectivity index is 1.25. The first-order valence-corrected chi connectivity index (χ1v) is 16.9. The molecule has 6 nitrogen and oxygen atoms in total. The lowest BCUT2D eigenvalue weighted by Gasteiger charge is -2.31. The van der Waals surface area contributed by atoms with E-state index in [0.29, 0.717) is 11.4 Å². The van der Waals surface area contributed by atoms with Gasteiger partial charge >= 0.3 is 0 Å². The quantitative estimate of drug-likeness (QED) is 0.205. The molecule has 1 aliphatic rings. The van der Waals surface area contributed by atoms with Crippen molar-refractivity contribution in [3.63, 3.8) is 0 Å². The maximum atomic E-state index is 6.39. The number of rotatable bonds is 3. The average molecular weight is 656 g/mol. The highest BCUT2D eigenvalue weighted by atomic mass is 16.3. The predicted octanol–water partition coefficient (Wildman–Crippen LogP) is 12.1. The first-order valence-electron chi connectivity index (χ1n) is 16.9. The van der Waals surface area contributed by atoms with Gasteiger partial charge in [0.2, 0.25) is 0 Å². The molecule has 0 amide bonds. The molecule has 7 aromatic carbocycles. The summed E-state index contributed by atoms with van der Waals surface area (Å²) in [6.07, 6.45) is 1.79. The molecule has 240 valence electrons. The first kappa shape index (κ1) is 28.9. The summed E-state index contributed by atoms with van der Waals surface area (Å²) in [6.45, 7) is 0. The number of fused-ring (bicyclic) bond motifs is 9. The van der Waals surface area contributed by atoms with Crippen LogP contribution in [0.3, 0.4) is 0 Å². The molecule has 0 radical (unpaired) electrons. The molecule has 3 heterocycles. The molecule has 0 saturated carbocycles. The number of anilines is 4. The van der Waals surface area contributed by atoms with Gasteiger partial charge in [-0.15, -0.1) is 0 Å². The fourth-order valence-electron chi connectivity index (χ4n) is 7.18. The summed E-state index contributed by atoms with van der Waals surface area (Å²) in [5.41, 5.74) is 11.8. The van der Waals surface area contributed by atoms with Crippen LogP contribution in [0.15, 0.2) is 173 Å². The van der Waals surface area contributed by atoms with Gasteiger partial charge in [-0.2, -0.15) is 0 Å². The highest BCUT2D eigenvalue weighted by molar-refractivity contribution is 6.09. The Labute approximate surface area is 294 Å². The molecule has 9 aromatic rings. The Morgan fingerprint density at radius 1 is 0.569 bits per heavy atom. The van der Waals surface area contributed by atoms with Gasteiger partial charge < -0.3 is 14.6 Å². The minimum Gasteiger partial charge on any atom is -0.452 e. The molecule has 0 aliphatic carbocycles. The number of aliphatic imine (C=N–C) groups is 1. The third kappa shape index (κ3) is 4.84. The van der Waals surface area contributed by atoms with E-state index in [2.05, 4.69) is 132 Å². The highest BCUT2D eigenvalue weighted by Gasteiger charge is 2.25. The smallest absolute Gasteiger partial charge is 0.180 e. The SMILES string of the molecule is C1=Nc2ccc3ccccc3c2N(c2cccc(-c3nc(-c4ccccc4)c4oc5ccccc5c4n3)c2)c2ccccc2-c2ccccc2N1. The van der Waals surface area contributed by atoms with Crippen molar-refractivity contribution in [3.8, 4) is 33.8 Å². The molecule has 0 saturated heterocycles. The summed E-state index contributed by atoms with van der Waals surface area (Å²) < 4.78 is 6.39. The number of benzene rings is 7. The lowest BCUT2D eigenvalue weighted by molar-refractivity contribution is 0.667. The largest absolute Gasteiger partial charge is 0.452 e. The third-order valence-corrected chi connectivity index (χ3v) is 9.52. The van der Waals surface area contributed by atoms with Gasteiger partial charge in [-0.3, -0.25) is 0 Å². The van der Waals surface area contributed by atoms with Gasteiger partial charge in [-0.25, -0.2) is 15.0 Å². The van der Waals surface area contributed by atoms with Crippen LogP contribution in [0.5, 0.6) is 0 Å². The normalized spacial score (nSPS) is 12.4. The zero-order valence-electron chi connectivity index (χ0n) is 27.4. The van der Waals surface area contributed by atoms with Crippen molar-refractivity contribution >= 4 is 67.6 Å². The van der Waals surface area contributed by atoms with Gasteiger partial charge in [-0.1, -0.05) is 121 Å². The lowest BCUT2D eigenvalue weighted by Crippen LogP contribution is -2.13. The van der Waals surface area contributed by atoms with Crippen molar-refractivity contribution in [2.45, 2.75) is 0 Å². The second-order valence-electron chi connectivity index (χ2n) is 12.5. The Morgan fingerprint density at radius 3 is 2.24 bits per heavy atom. The standard InChI is InChI=1S/C45H29N5O/c1-2-14-30(15-3-1)41-44-42(36-21-8-11-24-40(36)51-44)49-45(48-41)31-16-12-17-32(27-31)50-39-23-10-7-20-35(39)34-19-6-9-22-37(34)46-28-47-38-26-25-29-13-4-5-18-33(29)43(38)50/h1-28H,(H,46,47). The van der Waals surface area contributed by atoms with E-state index in [1.807, 2.05) is 42.5 Å². The minimum atomic E-state index is 0.620. The molecular formula is C45H29N5O. The molecule has 0 fully saturated rings. The van der Waals surface area contributed by atoms with E-state index in [9.17, 15) is 0 Å². The molecule has 51 heavy (non-hydrogen) atoms. The Hall–Kier alpha value is -7.05. The second-order valence-corrected chi connectivity index (χ2v) is 12.5. The maximum Gasteiger partial charge on any atom is 0.180 e. The Kier molecular flexibility index (Phi) is 6.70. The van der Waals surface area contributed by atoms with Crippen LogP contribution in [0.2, 0.25) is 0 Å². The van der Waals surface area contributed by atoms with E-state index in [1.165, 1.54) is 0 Å². The van der Waals surface area contributed by atoms with E-state index in [1.54, 1.807) is 6.34 Å². The predicted molar refractivity (Wildman–Crippen MR) is 210 cm³/mol. The van der Waals surface area contributed by atoms with E-state index >= 15 is 0 Å². The molecule has 0 bridgehead atoms. The van der Waals surface area contributed by atoms with Crippen molar-refractivity contribution < 1.29 is 4.42 Å². The number of furan rings is 1. The molecule has 0 spiro atoms. The number of nitrogens with zero attached hydrogens (tertiary/aromatic N) is 4. The summed E-state index contributed by atoms with van der Waals surface area (Å²) in [4.78, 5) is 17.7. The van der Waals surface area contributed by atoms with E-state index in [4.69, 9.17) is 19.4 Å². The van der Waals surface area contributed by atoms with Gasteiger partial charge in [0.1, 0.15) is 16.8 Å². The van der Waals surface area contributed by atoms with Gasteiger partial charge in [0.05, 0.1) is 23.4 Å². The molecule has 0 unspecified atom stereocenters. The van der Waals surface area contributed by atoms with Crippen molar-refractivity contribution in [1.82, 2.24) is 9.97 Å². The van der Waals surface area contributed by atoms with Crippen LogP contribution in [0, 0.1) is 0 Å². The van der Waals surface area contributed by atoms with Crippen LogP contribution < -0.4 is 10.2 Å². The summed E-state index contributed by atoms with van der Waals surface area (Å²) in [6, 6.07) is 56.3. The zero-order valence-corrected chi connectivity index (χ0v) is 27.4. The molecule has 1 N–H and O–H groups in total. The van der Waals surface area contributed by atoms with Crippen molar-refractivity contribution in [2.24, 2.45) is 4.99 Å². The topological polar surface area (TPSA) is 66.5 Å². The number of para-hydroxylation sites is 3. The monoisotopic (exact) mass is 655 g/mol. The van der Waals surface area contributed by atoms with Crippen molar-refractivity contribution in [2.75, 3.05) is 10.2 Å². The van der Waals surface area contributed by atoms with Gasteiger partial charge in [-0.05, 0) is 47.9 Å². The zero-order chi connectivity index (χ0) is 33.7. The summed E-state index contributed by atoms with van der Waals surface area (Å²) in [7, 11) is 0. The van der Waals surface area contributed by atoms with Crippen molar-refractivity contribution in [3.05, 3.63) is 164 Å². The van der Waals surface area contributed by atoms with Crippen LogP contribution in [0.1, 0.15) is 0 Å². The van der Waals surface area contributed by atoms with Crippen LogP contribution in [0.4, 0.5) is 28.4 Å². The summed E-state index contributed by atoms with van der Waals surface area (Å²) in [5, 5.41) is 6.64. The fraction of sp³-hybridized carbons (Fsp3) is 0. The Bertz CT molecular complexity index is 2800. The highest BCUT2D eigenvalue weighted by Crippen LogP contribution is 2.49. The van der Waals surface area contributed by atoms with Gasteiger partial charge in [0.25, 0.3) is 0 Å². The summed E-state index contributed by atoms with van der Waals surface area (Å²) >= 11 is 0. The van der Waals surface area contributed by atoms with Crippen LogP contribution >= 0.6 is 0 Å². The fourth-order valence-corrected chi connectivity index (χ4v) is 7.18. The molecule has 10 rings (SSSR count). The average Bonchev–Trinajstić information content (AvgIpc) is 3.58. The van der Waals surface area contributed by atoms with Gasteiger partial charge in [0, 0.05) is 44.4 Å². The van der Waals surface area contributed by atoms with Crippen LogP contribution in [-0.4, -0.2) is 16.3 Å². The number of hydrogen-bond acceptors (Lipinski definition) is 6. The molecule has 1 aliphatic heterocycles. The van der Waals surface area contributed by atoms with Gasteiger partial charge in [0.15, 0.2) is 11.4 Å². The second kappa shape index (κ2) is 11.8. The van der Waals surface area contributed by atoms with E-state index in [0.717, 1.165) is 83.6 Å². The number of hydrogen-bond donors (Lipinski definition) is 1. The van der Waals surface area contributed by atoms with Crippen LogP contribution in [-0.2, 0) is 0 Å². The molecule has 6 heteroatoms. The first-order chi connectivity index (χ1) is 25.3. The minimum absolute atomic E-state index is 0.620. The lowest BCUT2D eigenvalue weighted by atomic mass is 9.98. The van der Waals surface area contributed by atoms with E-state index in [-0.39, 0.29) is 0 Å². The maximum absolute atomic E-state index is 6.39.